The Balaban J connectivity index is 1.28. The third-order valence-corrected chi connectivity index (χ3v) is 6.70. The van der Waals surface area contributed by atoms with Crippen molar-refractivity contribution in [1.29, 1.82) is 0 Å². The summed E-state index contributed by atoms with van der Waals surface area (Å²) in [5.74, 6) is 0.0143. The SMILES string of the molecule is Cc1ncsc1C(=O)NC1CCN(Cc2csc(-c3ccccc3)n2)CC1. The van der Waals surface area contributed by atoms with E-state index >= 15 is 0 Å². The van der Waals surface area contributed by atoms with Gasteiger partial charge in [-0.1, -0.05) is 30.3 Å². The van der Waals surface area contributed by atoms with Gasteiger partial charge in [-0.15, -0.1) is 22.7 Å². The average molecular weight is 399 g/mol. The minimum Gasteiger partial charge on any atom is -0.348 e. The maximum atomic E-state index is 12.3. The first-order valence-electron chi connectivity index (χ1n) is 9.12. The first-order chi connectivity index (χ1) is 13.2. The van der Waals surface area contributed by atoms with E-state index in [0.717, 1.165) is 53.7 Å². The molecule has 1 aromatic carbocycles. The predicted octanol–water partition coefficient (Wildman–Crippen LogP) is 3.97. The molecule has 0 radical (unpaired) electrons. The van der Waals surface area contributed by atoms with Gasteiger partial charge in [0.1, 0.15) is 9.88 Å². The minimum atomic E-state index is 0.0143. The molecule has 2 aromatic heterocycles. The second-order valence-electron chi connectivity index (χ2n) is 6.80. The van der Waals surface area contributed by atoms with Crippen LogP contribution in [0.25, 0.3) is 10.6 Å². The van der Waals surface area contributed by atoms with Crippen molar-refractivity contribution in [3.05, 3.63) is 57.5 Å². The molecule has 3 aromatic rings. The molecular formula is C20H22N4OS2. The largest absolute Gasteiger partial charge is 0.348 e. The summed E-state index contributed by atoms with van der Waals surface area (Å²) in [5, 5.41) is 6.40. The number of hydrogen-bond acceptors (Lipinski definition) is 6. The number of benzene rings is 1. The second-order valence-corrected chi connectivity index (χ2v) is 8.51. The molecule has 0 spiro atoms. The maximum Gasteiger partial charge on any atom is 0.263 e. The van der Waals surface area contributed by atoms with Crippen LogP contribution in [0.15, 0.2) is 41.2 Å². The average Bonchev–Trinajstić information content (AvgIpc) is 3.33. The molecule has 0 bridgehead atoms. The van der Waals surface area contributed by atoms with Crippen molar-refractivity contribution in [2.75, 3.05) is 13.1 Å². The third-order valence-electron chi connectivity index (χ3n) is 4.83. The van der Waals surface area contributed by atoms with Gasteiger partial charge in [-0.25, -0.2) is 9.97 Å². The molecule has 1 fully saturated rings. The van der Waals surface area contributed by atoms with Crippen LogP contribution in [0.5, 0.6) is 0 Å². The molecule has 7 heteroatoms. The van der Waals surface area contributed by atoms with Gasteiger partial charge >= 0.3 is 0 Å². The van der Waals surface area contributed by atoms with Gasteiger partial charge < -0.3 is 5.32 Å². The zero-order valence-electron chi connectivity index (χ0n) is 15.2. The van der Waals surface area contributed by atoms with E-state index in [2.05, 4.69) is 32.7 Å². The fourth-order valence-electron chi connectivity index (χ4n) is 3.33. The molecule has 1 aliphatic rings. The Morgan fingerprint density at radius 3 is 2.70 bits per heavy atom. The summed E-state index contributed by atoms with van der Waals surface area (Å²) in [5.41, 5.74) is 4.84. The second kappa shape index (κ2) is 8.29. The van der Waals surface area contributed by atoms with E-state index in [9.17, 15) is 4.79 Å². The third kappa shape index (κ3) is 4.43. The van der Waals surface area contributed by atoms with Crippen LogP contribution in [-0.4, -0.2) is 39.9 Å². The zero-order valence-corrected chi connectivity index (χ0v) is 16.9. The highest BCUT2D eigenvalue weighted by Crippen LogP contribution is 2.24. The van der Waals surface area contributed by atoms with Crippen molar-refractivity contribution in [3.63, 3.8) is 0 Å². The van der Waals surface area contributed by atoms with E-state index in [-0.39, 0.29) is 11.9 Å². The van der Waals surface area contributed by atoms with Crippen molar-refractivity contribution in [3.8, 4) is 10.6 Å². The fraction of sp³-hybridized carbons (Fsp3) is 0.350. The van der Waals surface area contributed by atoms with Gasteiger partial charge in [0.15, 0.2) is 0 Å². The fourth-order valence-corrected chi connectivity index (χ4v) is 4.85. The number of aromatic nitrogens is 2. The summed E-state index contributed by atoms with van der Waals surface area (Å²) < 4.78 is 0. The number of amides is 1. The van der Waals surface area contributed by atoms with E-state index in [1.54, 1.807) is 16.8 Å². The number of nitrogens with one attached hydrogen (secondary N) is 1. The van der Waals surface area contributed by atoms with Crippen LogP contribution < -0.4 is 5.32 Å². The lowest BCUT2D eigenvalue weighted by Crippen LogP contribution is -2.44. The lowest BCUT2D eigenvalue weighted by Gasteiger charge is -2.31. The summed E-state index contributed by atoms with van der Waals surface area (Å²) >= 11 is 3.11. The van der Waals surface area contributed by atoms with Crippen LogP contribution in [0, 0.1) is 6.92 Å². The van der Waals surface area contributed by atoms with Gasteiger partial charge in [-0.2, -0.15) is 0 Å². The van der Waals surface area contributed by atoms with Crippen LogP contribution in [-0.2, 0) is 6.54 Å². The molecule has 140 valence electrons. The number of carbonyl (C=O) groups excluding carboxylic acids is 1. The summed E-state index contributed by atoms with van der Waals surface area (Å²) in [6.07, 6.45) is 1.94. The molecule has 1 amide bonds. The van der Waals surface area contributed by atoms with Gasteiger partial charge in [0.05, 0.1) is 16.9 Å². The highest BCUT2D eigenvalue weighted by Gasteiger charge is 2.23. The normalized spacial score (nSPS) is 15.7. The molecule has 0 unspecified atom stereocenters. The number of aryl methyl sites for hydroxylation is 1. The number of rotatable bonds is 5. The zero-order chi connectivity index (χ0) is 18.6. The molecular weight excluding hydrogens is 376 g/mol. The predicted molar refractivity (Wildman–Crippen MR) is 110 cm³/mol. The van der Waals surface area contributed by atoms with Gasteiger partial charge in [-0.3, -0.25) is 9.69 Å². The van der Waals surface area contributed by atoms with E-state index < -0.39 is 0 Å². The summed E-state index contributed by atoms with van der Waals surface area (Å²) in [7, 11) is 0. The molecule has 0 atom stereocenters. The molecule has 4 rings (SSSR count). The van der Waals surface area contributed by atoms with Crippen molar-refractivity contribution in [2.45, 2.75) is 32.4 Å². The van der Waals surface area contributed by atoms with E-state index in [4.69, 9.17) is 4.98 Å². The Bertz CT molecular complexity index is 898. The molecule has 5 nitrogen and oxygen atoms in total. The molecule has 27 heavy (non-hydrogen) atoms. The Kier molecular flexibility index (Phi) is 5.61. The highest BCUT2D eigenvalue weighted by molar-refractivity contribution is 7.13. The summed E-state index contributed by atoms with van der Waals surface area (Å²) in [4.78, 5) is 24.4. The van der Waals surface area contributed by atoms with Crippen LogP contribution in [0.2, 0.25) is 0 Å². The van der Waals surface area contributed by atoms with Crippen LogP contribution >= 0.6 is 22.7 Å². The Hall–Kier alpha value is -2.09. The monoisotopic (exact) mass is 398 g/mol. The number of thiazole rings is 2. The van der Waals surface area contributed by atoms with Crippen molar-refractivity contribution < 1.29 is 4.79 Å². The first-order valence-corrected chi connectivity index (χ1v) is 10.9. The minimum absolute atomic E-state index is 0.0143. The Morgan fingerprint density at radius 1 is 1.22 bits per heavy atom. The van der Waals surface area contributed by atoms with E-state index in [0.29, 0.717) is 0 Å². The van der Waals surface area contributed by atoms with E-state index in [1.165, 1.54) is 16.9 Å². The molecule has 1 aliphatic heterocycles. The van der Waals surface area contributed by atoms with Gasteiger partial charge in [-0.05, 0) is 19.8 Å². The topological polar surface area (TPSA) is 58.1 Å². The number of hydrogen-bond donors (Lipinski definition) is 1. The lowest BCUT2D eigenvalue weighted by molar-refractivity contribution is 0.0912. The number of nitrogens with zero attached hydrogens (tertiary/aromatic N) is 3. The molecule has 0 aliphatic carbocycles. The standard InChI is InChI=1S/C20H22N4OS2/c1-14-18(27-13-21-14)19(25)22-16-7-9-24(10-8-16)11-17-12-26-20(23-17)15-5-3-2-4-6-15/h2-6,12-13,16H,7-11H2,1H3,(H,22,25). The van der Waals surface area contributed by atoms with Crippen molar-refractivity contribution >= 4 is 28.6 Å². The van der Waals surface area contributed by atoms with Crippen molar-refractivity contribution in [1.82, 2.24) is 20.2 Å². The molecule has 3 heterocycles. The number of piperidine rings is 1. The van der Waals surface area contributed by atoms with Crippen LogP contribution in [0.1, 0.15) is 33.9 Å². The number of likely N-dealkylation sites (tertiary alicyclic amines) is 1. The maximum absolute atomic E-state index is 12.3. The van der Waals surface area contributed by atoms with Gasteiger partial charge in [0.25, 0.3) is 5.91 Å². The van der Waals surface area contributed by atoms with Crippen LogP contribution in [0.3, 0.4) is 0 Å². The van der Waals surface area contributed by atoms with Gasteiger partial charge in [0, 0.05) is 36.6 Å². The van der Waals surface area contributed by atoms with E-state index in [1.807, 2.05) is 25.1 Å². The highest BCUT2D eigenvalue weighted by atomic mass is 32.1. The number of carbonyl (C=O) groups is 1. The summed E-state index contributed by atoms with van der Waals surface area (Å²) in [6.45, 7) is 4.71. The quantitative estimate of drug-likeness (QED) is 0.706. The molecule has 0 saturated carbocycles. The first kappa shape index (κ1) is 18.3. The Morgan fingerprint density at radius 2 is 2.00 bits per heavy atom. The summed E-state index contributed by atoms with van der Waals surface area (Å²) in [6, 6.07) is 10.6. The molecule has 1 saturated heterocycles. The van der Waals surface area contributed by atoms with Crippen LogP contribution in [0.4, 0.5) is 0 Å². The Labute approximate surface area is 167 Å². The lowest BCUT2D eigenvalue weighted by atomic mass is 10.0. The van der Waals surface area contributed by atoms with Gasteiger partial charge in [0.2, 0.25) is 0 Å². The van der Waals surface area contributed by atoms with Crippen molar-refractivity contribution in [2.24, 2.45) is 0 Å². The molecule has 1 N–H and O–H groups in total. The smallest absolute Gasteiger partial charge is 0.263 e.